The van der Waals surface area contributed by atoms with Gasteiger partial charge < -0.3 is 4.98 Å². The fourth-order valence-corrected chi connectivity index (χ4v) is 1.15. The van der Waals surface area contributed by atoms with E-state index in [1.807, 2.05) is 20.8 Å². The van der Waals surface area contributed by atoms with Gasteiger partial charge in [-0.05, 0) is 5.92 Å². The smallest absolute Gasteiger partial charge is 0.150 e. The monoisotopic (exact) mass is 224 g/mol. The Morgan fingerprint density at radius 1 is 1.53 bits per heavy atom. The average molecular weight is 224 g/mol. The number of halogens is 1. The van der Waals surface area contributed by atoms with Crippen LogP contribution in [0, 0.1) is 16.5 Å². The summed E-state index contributed by atoms with van der Waals surface area (Å²) in [5.41, 5.74) is 1.22. The molecule has 0 spiro atoms. The Balaban J connectivity index is 3.23. The van der Waals surface area contributed by atoms with Crippen molar-refractivity contribution in [3.8, 4) is 11.8 Å². The van der Waals surface area contributed by atoms with Crippen LogP contribution in [0.15, 0.2) is 6.20 Å². The molecule has 1 heterocycles. The largest absolute Gasteiger partial charge is 0.349 e. The Kier molecular flexibility index (Phi) is 3.59. The van der Waals surface area contributed by atoms with Crippen molar-refractivity contribution < 1.29 is 4.39 Å². The van der Waals surface area contributed by atoms with E-state index in [9.17, 15) is 4.39 Å². The minimum Gasteiger partial charge on any atom is -0.349 e. The second-order valence-corrected chi connectivity index (χ2v) is 4.56. The van der Waals surface area contributed by atoms with Gasteiger partial charge in [0.25, 0.3) is 0 Å². The van der Waals surface area contributed by atoms with Crippen LogP contribution >= 0.6 is 12.2 Å². The van der Waals surface area contributed by atoms with Crippen LogP contribution in [0.25, 0.3) is 0 Å². The molecule has 0 fully saturated rings. The van der Waals surface area contributed by atoms with Crippen LogP contribution in [-0.4, -0.2) is 16.6 Å². The number of hydrogen-bond acceptors (Lipinski definition) is 2. The Hall–Kier alpha value is -1.21. The highest BCUT2D eigenvalue weighted by molar-refractivity contribution is 7.71. The predicted molar refractivity (Wildman–Crippen MR) is 61.0 cm³/mol. The second kappa shape index (κ2) is 4.54. The number of aromatic amines is 1. The fourth-order valence-electron chi connectivity index (χ4n) is 0.992. The molecule has 0 saturated heterocycles. The minimum absolute atomic E-state index is 0.0777. The molecule has 1 aromatic heterocycles. The number of alkyl halides is 1. The number of aromatic nitrogens is 2. The minimum atomic E-state index is -0.684. The van der Waals surface area contributed by atoms with Crippen molar-refractivity contribution in [2.45, 2.75) is 26.2 Å². The van der Waals surface area contributed by atoms with E-state index >= 15 is 0 Å². The van der Waals surface area contributed by atoms with Crippen LogP contribution in [0.1, 0.15) is 32.2 Å². The summed E-state index contributed by atoms with van der Waals surface area (Å²) in [5.74, 6) is 4.92. The molecule has 1 rings (SSSR count). The topological polar surface area (TPSA) is 28.7 Å². The summed E-state index contributed by atoms with van der Waals surface area (Å²) in [4.78, 5) is 7.22. The fraction of sp³-hybridized carbons (Fsp3) is 0.455. The zero-order valence-electron chi connectivity index (χ0n) is 9.02. The van der Waals surface area contributed by atoms with Gasteiger partial charge in [-0.2, -0.15) is 0 Å². The lowest BCUT2D eigenvalue weighted by Crippen LogP contribution is -2.14. The van der Waals surface area contributed by atoms with Gasteiger partial charge in [0, 0.05) is 11.6 Å². The Bertz CT molecular complexity index is 460. The maximum atomic E-state index is 11.9. The third-order valence-electron chi connectivity index (χ3n) is 1.83. The average Bonchev–Trinajstić information content (AvgIpc) is 2.15. The molecular formula is C11H13FN2S. The van der Waals surface area contributed by atoms with Crippen molar-refractivity contribution in [2.24, 2.45) is 0 Å². The van der Waals surface area contributed by atoms with E-state index in [2.05, 4.69) is 21.8 Å². The highest BCUT2D eigenvalue weighted by Crippen LogP contribution is 2.19. The first-order valence-electron chi connectivity index (χ1n) is 4.60. The maximum absolute atomic E-state index is 11.9. The SMILES string of the molecule is CC(C)(C)c1c[nH]c(=S)c(C#CCF)n1. The number of nitrogens with one attached hydrogen (secondary N) is 1. The van der Waals surface area contributed by atoms with Crippen molar-refractivity contribution in [2.75, 3.05) is 6.67 Å². The van der Waals surface area contributed by atoms with Crippen LogP contribution < -0.4 is 0 Å². The predicted octanol–water partition coefficient (Wildman–Crippen LogP) is 2.76. The molecule has 0 aromatic carbocycles. The van der Waals surface area contributed by atoms with Crippen LogP contribution in [0.5, 0.6) is 0 Å². The van der Waals surface area contributed by atoms with Crippen molar-refractivity contribution >= 4 is 12.2 Å². The third-order valence-corrected chi connectivity index (χ3v) is 2.14. The maximum Gasteiger partial charge on any atom is 0.150 e. The summed E-state index contributed by atoms with van der Waals surface area (Å²) in [6.07, 6.45) is 1.77. The molecule has 0 bridgehead atoms. The van der Waals surface area contributed by atoms with E-state index in [1.165, 1.54) is 0 Å². The standard InChI is InChI=1S/C11H13FN2S/c1-11(2,3)9-7-13-10(15)8(14-9)5-4-6-12/h7H,6H2,1-3H3,(H,13,15). The first kappa shape index (κ1) is 11.9. The molecule has 0 atom stereocenters. The first-order chi connectivity index (χ1) is 6.95. The van der Waals surface area contributed by atoms with Gasteiger partial charge in [0.05, 0.1) is 5.69 Å². The van der Waals surface area contributed by atoms with Crippen LogP contribution in [-0.2, 0) is 5.41 Å². The van der Waals surface area contributed by atoms with Crippen molar-refractivity contribution in [3.63, 3.8) is 0 Å². The summed E-state index contributed by atoms with van der Waals surface area (Å²) < 4.78 is 12.3. The lowest BCUT2D eigenvalue weighted by Gasteiger charge is -2.17. The summed E-state index contributed by atoms with van der Waals surface area (Å²) in [7, 11) is 0. The Morgan fingerprint density at radius 2 is 2.20 bits per heavy atom. The summed E-state index contributed by atoms with van der Waals surface area (Å²) in [5, 5.41) is 0. The van der Waals surface area contributed by atoms with E-state index in [-0.39, 0.29) is 5.41 Å². The highest BCUT2D eigenvalue weighted by atomic mass is 32.1. The van der Waals surface area contributed by atoms with Crippen LogP contribution in [0.4, 0.5) is 4.39 Å². The Labute approximate surface area is 93.9 Å². The first-order valence-corrected chi connectivity index (χ1v) is 5.01. The molecule has 0 saturated carbocycles. The van der Waals surface area contributed by atoms with Crippen molar-refractivity contribution in [3.05, 3.63) is 22.2 Å². The number of nitrogens with zero attached hydrogens (tertiary/aromatic N) is 1. The zero-order valence-corrected chi connectivity index (χ0v) is 9.83. The van der Waals surface area contributed by atoms with Gasteiger partial charge in [0.15, 0.2) is 6.67 Å². The normalized spacial score (nSPS) is 10.7. The van der Waals surface area contributed by atoms with E-state index < -0.39 is 6.67 Å². The highest BCUT2D eigenvalue weighted by Gasteiger charge is 2.15. The molecule has 1 aromatic rings. The lowest BCUT2D eigenvalue weighted by molar-refractivity contribution is 0.564. The molecule has 0 aliphatic carbocycles. The van der Waals surface area contributed by atoms with E-state index in [1.54, 1.807) is 6.20 Å². The van der Waals surface area contributed by atoms with Crippen molar-refractivity contribution in [1.82, 2.24) is 9.97 Å². The van der Waals surface area contributed by atoms with E-state index in [0.717, 1.165) is 5.69 Å². The molecule has 15 heavy (non-hydrogen) atoms. The molecule has 80 valence electrons. The van der Waals surface area contributed by atoms with Gasteiger partial charge in [-0.1, -0.05) is 38.9 Å². The van der Waals surface area contributed by atoms with Crippen LogP contribution in [0.3, 0.4) is 0 Å². The quantitative estimate of drug-likeness (QED) is 0.542. The van der Waals surface area contributed by atoms with Gasteiger partial charge in [-0.3, -0.25) is 0 Å². The van der Waals surface area contributed by atoms with Crippen LogP contribution in [0.2, 0.25) is 0 Å². The van der Waals surface area contributed by atoms with Gasteiger partial charge >= 0.3 is 0 Å². The van der Waals surface area contributed by atoms with Gasteiger partial charge in [-0.25, -0.2) is 9.37 Å². The van der Waals surface area contributed by atoms with E-state index in [4.69, 9.17) is 12.2 Å². The molecule has 0 unspecified atom stereocenters. The van der Waals surface area contributed by atoms with Gasteiger partial charge in [-0.15, -0.1) is 0 Å². The lowest BCUT2D eigenvalue weighted by atomic mass is 9.93. The molecule has 4 heteroatoms. The van der Waals surface area contributed by atoms with Gasteiger partial charge in [0.2, 0.25) is 0 Å². The van der Waals surface area contributed by atoms with Gasteiger partial charge in [0.1, 0.15) is 10.3 Å². The molecular weight excluding hydrogens is 211 g/mol. The summed E-state index contributed by atoms with van der Waals surface area (Å²) in [6, 6.07) is 0. The molecule has 1 N–H and O–H groups in total. The number of rotatable bonds is 0. The number of H-pyrrole nitrogens is 1. The molecule has 0 aliphatic rings. The summed E-state index contributed by atoms with van der Waals surface area (Å²) >= 11 is 5.00. The molecule has 0 amide bonds. The third kappa shape index (κ3) is 3.14. The molecule has 0 radical (unpaired) electrons. The second-order valence-electron chi connectivity index (χ2n) is 4.15. The number of hydrogen-bond donors (Lipinski definition) is 1. The molecule has 2 nitrogen and oxygen atoms in total. The summed E-state index contributed by atoms with van der Waals surface area (Å²) in [6.45, 7) is 5.44. The van der Waals surface area contributed by atoms with E-state index in [0.29, 0.717) is 10.3 Å². The Morgan fingerprint density at radius 3 is 2.73 bits per heavy atom. The van der Waals surface area contributed by atoms with Crippen molar-refractivity contribution in [1.29, 1.82) is 0 Å². The molecule has 0 aliphatic heterocycles. The zero-order chi connectivity index (χ0) is 11.5.